The molecule has 0 aliphatic rings. The van der Waals surface area contributed by atoms with Crippen LogP contribution in [0.5, 0.6) is 0 Å². The fourth-order valence-electron chi connectivity index (χ4n) is 1.73. The Kier molecular flexibility index (Phi) is 5.64. The van der Waals surface area contributed by atoms with Crippen LogP contribution >= 0.6 is 11.6 Å². The molecule has 0 spiro atoms. The lowest BCUT2D eigenvalue weighted by molar-refractivity contribution is -0.140. The van der Waals surface area contributed by atoms with Gasteiger partial charge in [-0.1, -0.05) is 18.5 Å². The number of benzene rings is 1. The first kappa shape index (κ1) is 16.6. The lowest BCUT2D eigenvalue weighted by Gasteiger charge is -2.24. The zero-order chi connectivity index (χ0) is 15.3. The second-order valence-corrected chi connectivity index (χ2v) is 4.61. The van der Waals surface area contributed by atoms with Crippen molar-refractivity contribution in [2.24, 2.45) is 5.84 Å². The first-order valence-electron chi connectivity index (χ1n) is 5.90. The van der Waals surface area contributed by atoms with Crippen molar-refractivity contribution in [3.05, 3.63) is 28.8 Å². The number of alkyl halides is 3. The largest absolute Gasteiger partial charge is 0.406 e. The molecule has 8 heteroatoms. The van der Waals surface area contributed by atoms with Gasteiger partial charge in [-0.15, -0.1) is 0 Å². The number of carbonyl (C=O) groups excluding carboxylic acids is 1. The minimum Gasteiger partial charge on any atom is -0.329 e. The monoisotopic (exact) mass is 309 g/mol. The van der Waals surface area contributed by atoms with Gasteiger partial charge in [0.1, 0.15) is 6.54 Å². The van der Waals surface area contributed by atoms with Crippen LogP contribution < -0.4 is 11.3 Å². The van der Waals surface area contributed by atoms with E-state index in [1.54, 1.807) is 6.92 Å². The van der Waals surface area contributed by atoms with Gasteiger partial charge in [0.05, 0.1) is 11.3 Å². The maximum absolute atomic E-state index is 12.5. The highest BCUT2D eigenvalue weighted by Gasteiger charge is 2.33. The van der Waals surface area contributed by atoms with Crippen molar-refractivity contribution in [3.8, 4) is 0 Å². The van der Waals surface area contributed by atoms with E-state index in [0.29, 0.717) is 6.42 Å². The summed E-state index contributed by atoms with van der Waals surface area (Å²) in [6, 6.07) is 4.22. The number of hydrogen-bond donors (Lipinski definition) is 2. The van der Waals surface area contributed by atoms with Gasteiger partial charge in [0.25, 0.3) is 5.91 Å². The number of halogens is 4. The van der Waals surface area contributed by atoms with Crippen molar-refractivity contribution in [3.63, 3.8) is 0 Å². The van der Waals surface area contributed by atoms with Crippen molar-refractivity contribution in [2.45, 2.75) is 19.5 Å². The van der Waals surface area contributed by atoms with Crippen molar-refractivity contribution in [1.82, 2.24) is 4.90 Å². The Morgan fingerprint density at radius 3 is 2.60 bits per heavy atom. The molecule has 0 saturated heterocycles. The lowest BCUT2D eigenvalue weighted by atomic mass is 10.1. The van der Waals surface area contributed by atoms with E-state index in [1.165, 1.54) is 18.2 Å². The number of hydrazine groups is 1. The van der Waals surface area contributed by atoms with Crippen LogP contribution in [0.25, 0.3) is 0 Å². The van der Waals surface area contributed by atoms with Gasteiger partial charge in [-0.25, -0.2) is 0 Å². The van der Waals surface area contributed by atoms with Gasteiger partial charge >= 0.3 is 6.18 Å². The second-order valence-electron chi connectivity index (χ2n) is 4.18. The molecule has 0 radical (unpaired) electrons. The number of nitrogen functional groups attached to an aromatic ring is 1. The number of amides is 1. The molecule has 1 amide bonds. The third-order valence-electron chi connectivity index (χ3n) is 2.52. The molecule has 1 aromatic carbocycles. The summed E-state index contributed by atoms with van der Waals surface area (Å²) in [4.78, 5) is 12.9. The van der Waals surface area contributed by atoms with Crippen molar-refractivity contribution in [1.29, 1.82) is 0 Å². The second kappa shape index (κ2) is 6.81. The van der Waals surface area contributed by atoms with E-state index < -0.39 is 18.6 Å². The highest BCUT2D eigenvalue weighted by Crippen LogP contribution is 2.24. The smallest absolute Gasteiger partial charge is 0.329 e. The summed E-state index contributed by atoms with van der Waals surface area (Å²) in [5.74, 6) is 4.49. The predicted octanol–water partition coefficient (Wildman–Crippen LogP) is 3.04. The average molecular weight is 310 g/mol. The quantitative estimate of drug-likeness (QED) is 0.649. The van der Waals surface area contributed by atoms with Crippen LogP contribution in [0.2, 0.25) is 5.02 Å². The normalized spacial score (nSPS) is 11.3. The fourth-order valence-corrected chi connectivity index (χ4v) is 1.90. The van der Waals surface area contributed by atoms with Crippen molar-refractivity contribution in [2.75, 3.05) is 18.5 Å². The van der Waals surface area contributed by atoms with Gasteiger partial charge in [-0.05, 0) is 24.6 Å². The van der Waals surface area contributed by atoms with Crippen LogP contribution in [0, 0.1) is 0 Å². The molecule has 0 heterocycles. The maximum atomic E-state index is 12.5. The molecule has 0 aromatic heterocycles. The number of nitrogens with zero attached hydrogens (tertiary/aromatic N) is 1. The minimum atomic E-state index is -4.46. The molecule has 0 atom stereocenters. The molecule has 0 aliphatic carbocycles. The van der Waals surface area contributed by atoms with Gasteiger partial charge in [0, 0.05) is 11.6 Å². The summed E-state index contributed by atoms with van der Waals surface area (Å²) in [6.45, 7) is 0.377. The Morgan fingerprint density at radius 2 is 2.10 bits per heavy atom. The Morgan fingerprint density at radius 1 is 1.45 bits per heavy atom. The summed E-state index contributed by atoms with van der Waals surface area (Å²) in [5.41, 5.74) is 2.51. The SMILES string of the molecule is CCCN(CC(F)(F)F)C(=O)c1cc(Cl)ccc1NN. The zero-order valence-electron chi connectivity index (χ0n) is 10.8. The Hall–Kier alpha value is -1.47. The van der Waals surface area contributed by atoms with E-state index in [9.17, 15) is 18.0 Å². The Balaban J connectivity index is 3.08. The summed E-state index contributed by atoms with van der Waals surface area (Å²) in [7, 11) is 0. The van der Waals surface area contributed by atoms with E-state index in [-0.39, 0.29) is 22.8 Å². The van der Waals surface area contributed by atoms with E-state index >= 15 is 0 Å². The molecule has 0 aliphatic heterocycles. The van der Waals surface area contributed by atoms with Gasteiger partial charge in [0.2, 0.25) is 0 Å². The molecule has 20 heavy (non-hydrogen) atoms. The predicted molar refractivity (Wildman–Crippen MR) is 71.5 cm³/mol. The number of hydrogen-bond acceptors (Lipinski definition) is 3. The Labute approximate surface area is 119 Å². The number of carbonyl (C=O) groups is 1. The number of rotatable bonds is 5. The van der Waals surface area contributed by atoms with Crippen LogP contribution in [0.3, 0.4) is 0 Å². The molecule has 0 saturated carbocycles. The molecule has 0 bridgehead atoms. The standard InChI is InChI=1S/C12H15ClF3N3O/c1-2-5-19(7-12(14,15)16)11(20)9-6-8(13)3-4-10(9)18-17/h3-4,6,18H,2,5,7,17H2,1H3. The third-order valence-corrected chi connectivity index (χ3v) is 2.75. The minimum absolute atomic E-state index is 0.00509. The third kappa shape index (κ3) is 4.57. The van der Waals surface area contributed by atoms with Gasteiger partial charge in [-0.2, -0.15) is 13.2 Å². The molecule has 0 fully saturated rings. The van der Waals surface area contributed by atoms with E-state index in [4.69, 9.17) is 17.4 Å². The molecule has 1 rings (SSSR count). The first-order chi connectivity index (χ1) is 9.28. The van der Waals surface area contributed by atoms with Crippen LogP contribution in [-0.2, 0) is 0 Å². The molecular formula is C12H15ClF3N3O. The van der Waals surface area contributed by atoms with Crippen LogP contribution in [0.4, 0.5) is 18.9 Å². The highest BCUT2D eigenvalue weighted by molar-refractivity contribution is 6.31. The zero-order valence-corrected chi connectivity index (χ0v) is 11.6. The summed E-state index contributed by atoms with van der Waals surface area (Å²) < 4.78 is 37.5. The van der Waals surface area contributed by atoms with Gasteiger partial charge in [-0.3, -0.25) is 10.6 Å². The summed E-state index contributed by atoms with van der Waals surface area (Å²) in [5, 5.41) is 0.246. The van der Waals surface area contributed by atoms with Crippen molar-refractivity contribution < 1.29 is 18.0 Å². The number of nitrogens with two attached hydrogens (primary N) is 1. The molecule has 112 valence electrons. The molecular weight excluding hydrogens is 295 g/mol. The number of anilines is 1. The first-order valence-corrected chi connectivity index (χ1v) is 6.28. The molecule has 3 N–H and O–H groups in total. The lowest BCUT2D eigenvalue weighted by Crippen LogP contribution is -2.39. The summed E-state index contributed by atoms with van der Waals surface area (Å²) in [6.07, 6.45) is -4.05. The molecule has 1 aromatic rings. The average Bonchev–Trinajstić information content (AvgIpc) is 2.36. The van der Waals surface area contributed by atoms with Gasteiger partial charge < -0.3 is 10.3 Å². The summed E-state index contributed by atoms with van der Waals surface area (Å²) >= 11 is 5.77. The topological polar surface area (TPSA) is 58.4 Å². The molecule has 4 nitrogen and oxygen atoms in total. The highest BCUT2D eigenvalue weighted by atomic mass is 35.5. The maximum Gasteiger partial charge on any atom is 0.406 e. The van der Waals surface area contributed by atoms with E-state index in [2.05, 4.69) is 5.43 Å². The van der Waals surface area contributed by atoms with Crippen LogP contribution in [0.15, 0.2) is 18.2 Å². The van der Waals surface area contributed by atoms with Crippen LogP contribution in [-0.4, -0.2) is 30.1 Å². The van der Waals surface area contributed by atoms with Crippen LogP contribution in [0.1, 0.15) is 23.7 Å². The molecule has 0 unspecified atom stereocenters. The Bertz CT molecular complexity index is 480. The van der Waals surface area contributed by atoms with E-state index in [1.807, 2.05) is 0 Å². The van der Waals surface area contributed by atoms with Crippen molar-refractivity contribution >= 4 is 23.2 Å². The van der Waals surface area contributed by atoms with E-state index in [0.717, 1.165) is 4.90 Å². The fraction of sp³-hybridized carbons (Fsp3) is 0.417. The van der Waals surface area contributed by atoms with Gasteiger partial charge in [0.15, 0.2) is 0 Å². The number of nitrogens with one attached hydrogen (secondary N) is 1.